The molecule has 0 saturated heterocycles. The summed E-state index contributed by atoms with van der Waals surface area (Å²) in [5, 5.41) is 11.3. The minimum Gasteiger partial charge on any atom is -0.409 e. The molecule has 118 valence electrons. The first-order chi connectivity index (χ1) is 9.62. The van der Waals surface area contributed by atoms with Crippen molar-refractivity contribution < 1.29 is 22.8 Å². The van der Waals surface area contributed by atoms with Gasteiger partial charge in [-0.1, -0.05) is 5.16 Å². The fourth-order valence-corrected chi connectivity index (χ4v) is 1.83. The molecule has 8 heteroatoms. The first kappa shape index (κ1) is 17.2. The highest BCUT2D eigenvalue weighted by Crippen LogP contribution is 2.20. The standard InChI is InChI=1S/C13H17F4N3O/c1-8(2)20(7-13(15,16)17)6-9-3-10(12(18)19-21)5-11(14)4-9/h3-5,8,21H,6-7H2,1-2H3,(H2,18,19). The van der Waals surface area contributed by atoms with E-state index in [9.17, 15) is 17.6 Å². The van der Waals surface area contributed by atoms with E-state index in [4.69, 9.17) is 10.9 Å². The van der Waals surface area contributed by atoms with Crippen molar-refractivity contribution in [2.24, 2.45) is 10.9 Å². The molecule has 0 fully saturated rings. The summed E-state index contributed by atoms with van der Waals surface area (Å²) in [6, 6.07) is 3.19. The Morgan fingerprint density at radius 2 is 1.95 bits per heavy atom. The van der Waals surface area contributed by atoms with Gasteiger partial charge in [0.1, 0.15) is 5.82 Å². The Bertz CT molecular complexity index is 515. The Hall–Kier alpha value is -1.83. The van der Waals surface area contributed by atoms with Crippen LogP contribution in [-0.4, -0.2) is 34.7 Å². The van der Waals surface area contributed by atoms with E-state index in [1.165, 1.54) is 6.07 Å². The Labute approximate surface area is 119 Å². The maximum Gasteiger partial charge on any atom is 0.401 e. The van der Waals surface area contributed by atoms with Crippen molar-refractivity contribution in [2.75, 3.05) is 6.54 Å². The first-order valence-corrected chi connectivity index (χ1v) is 6.20. The van der Waals surface area contributed by atoms with Gasteiger partial charge in [0.15, 0.2) is 5.84 Å². The van der Waals surface area contributed by atoms with Gasteiger partial charge in [0, 0.05) is 18.2 Å². The van der Waals surface area contributed by atoms with Gasteiger partial charge in [-0.25, -0.2) is 4.39 Å². The van der Waals surface area contributed by atoms with Crippen LogP contribution in [0.1, 0.15) is 25.0 Å². The molecule has 0 aliphatic carbocycles. The minimum atomic E-state index is -4.34. The highest BCUT2D eigenvalue weighted by Gasteiger charge is 2.31. The third-order valence-corrected chi connectivity index (χ3v) is 2.86. The normalized spacial score (nSPS) is 13.2. The average molecular weight is 307 g/mol. The van der Waals surface area contributed by atoms with Crippen LogP contribution in [0.25, 0.3) is 0 Å². The van der Waals surface area contributed by atoms with Gasteiger partial charge < -0.3 is 10.9 Å². The second-order valence-electron chi connectivity index (χ2n) is 4.95. The molecule has 1 aromatic carbocycles. The lowest BCUT2D eigenvalue weighted by molar-refractivity contribution is -0.150. The van der Waals surface area contributed by atoms with Crippen LogP contribution in [-0.2, 0) is 6.54 Å². The van der Waals surface area contributed by atoms with Crippen molar-refractivity contribution in [1.82, 2.24) is 4.90 Å². The van der Waals surface area contributed by atoms with Gasteiger partial charge in [0.25, 0.3) is 0 Å². The molecule has 21 heavy (non-hydrogen) atoms. The maximum absolute atomic E-state index is 13.5. The molecule has 1 aromatic rings. The summed E-state index contributed by atoms with van der Waals surface area (Å²) < 4.78 is 51.0. The Morgan fingerprint density at radius 3 is 2.43 bits per heavy atom. The van der Waals surface area contributed by atoms with Crippen molar-refractivity contribution in [3.8, 4) is 0 Å². The van der Waals surface area contributed by atoms with E-state index in [2.05, 4.69) is 5.16 Å². The predicted molar refractivity (Wildman–Crippen MR) is 70.5 cm³/mol. The van der Waals surface area contributed by atoms with E-state index in [0.717, 1.165) is 17.0 Å². The molecule has 4 nitrogen and oxygen atoms in total. The van der Waals surface area contributed by atoms with Crippen LogP contribution in [0.2, 0.25) is 0 Å². The van der Waals surface area contributed by atoms with E-state index in [0.29, 0.717) is 5.56 Å². The highest BCUT2D eigenvalue weighted by atomic mass is 19.4. The zero-order chi connectivity index (χ0) is 16.2. The van der Waals surface area contributed by atoms with Crippen LogP contribution < -0.4 is 5.73 Å². The first-order valence-electron chi connectivity index (χ1n) is 6.20. The van der Waals surface area contributed by atoms with E-state index in [-0.39, 0.29) is 24.0 Å². The molecule has 0 bridgehead atoms. The largest absolute Gasteiger partial charge is 0.409 e. The minimum absolute atomic E-state index is 0.0966. The summed E-state index contributed by atoms with van der Waals surface area (Å²) in [7, 11) is 0. The molecule has 0 radical (unpaired) electrons. The molecule has 0 aromatic heterocycles. The van der Waals surface area contributed by atoms with Gasteiger partial charge >= 0.3 is 6.18 Å². The second-order valence-corrected chi connectivity index (χ2v) is 4.95. The number of alkyl halides is 3. The number of nitrogens with zero attached hydrogens (tertiary/aromatic N) is 2. The van der Waals surface area contributed by atoms with Crippen molar-refractivity contribution in [3.63, 3.8) is 0 Å². The lowest BCUT2D eigenvalue weighted by Crippen LogP contribution is -2.38. The van der Waals surface area contributed by atoms with Crippen LogP contribution >= 0.6 is 0 Å². The van der Waals surface area contributed by atoms with Crippen molar-refractivity contribution in [1.29, 1.82) is 0 Å². The van der Waals surface area contributed by atoms with Gasteiger partial charge in [-0.15, -0.1) is 0 Å². The lowest BCUT2D eigenvalue weighted by Gasteiger charge is -2.27. The SMILES string of the molecule is CC(C)N(Cc1cc(F)cc(/C(N)=N/O)c1)CC(F)(F)F. The van der Waals surface area contributed by atoms with Crippen molar-refractivity contribution in [3.05, 3.63) is 35.1 Å². The number of halogens is 4. The second kappa shape index (κ2) is 6.75. The van der Waals surface area contributed by atoms with Crippen molar-refractivity contribution >= 4 is 5.84 Å². The van der Waals surface area contributed by atoms with Gasteiger partial charge in [0.2, 0.25) is 0 Å². The fraction of sp³-hybridized carbons (Fsp3) is 0.462. The molecule has 3 N–H and O–H groups in total. The van der Waals surface area contributed by atoms with Crippen LogP contribution in [0, 0.1) is 5.82 Å². The fourth-order valence-electron chi connectivity index (χ4n) is 1.83. The topological polar surface area (TPSA) is 61.8 Å². The van der Waals surface area contributed by atoms with Crippen LogP contribution in [0.4, 0.5) is 17.6 Å². The van der Waals surface area contributed by atoms with Crippen LogP contribution in [0.15, 0.2) is 23.4 Å². The maximum atomic E-state index is 13.5. The Morgan fingerprint density at radius 1 is 1.33 bits per heavy atom. The van der Waals surface area contributed by atoms with Gasteiger partial charge in [-0.3, -0.25) is 4.90 Å². The smallest absolute Gasteiger partial charge is 0.401 e. The molecular weight excluding hydrogens is 290 g/mol. The molecule has 0 aliphatic rings. The molecule has 0 aliphatic heterocycles. The number of hydrogen-bond donors (Lipinski definition) is 2. The summed E-state index contributed by atoms with van der Waals surface area (Å²) in [5.74, 6) is -0.965. The number of amidine groups is 1. The number of benzene rings is 1. The number of rotatable bonds is 5. The molecule has 0 atom stereocenters. The van der Waals surface area contributed by atoms with Crippen LogP contribution in [0.5, 0.6) is 0 Å². The summed E-state index contributed by atoms with van der Waals surface area (Å²) in [4.78, 5) is 1.16. The molecule has 0 heterocycles. The van der Waals surface area contributed by atoms with Gasteiger partial charge in [-0.2, -0.15) is 13.2 Å². The summed E-state index contributed by atoms with van der Waals surface area (Å²) in [5.41, 5.74) is 5.79. The molecule has 0 saturated carbocycles. The summed E-state index contributed by atoms with van der Waals surface area (Å²) in [6.45, 7) is 2.05. The quantitative estimate of drug-likeness (QED) is 0.289. The number of nitrogens with two attached hydrogens (primary N) is 1. The number of hydrogen-bond acceptors (Lipinski definition) is 3. The Balaban J connectivity index is 3.01. The summed E-state index contributed by atoms with van der Waals surface area (Å²) >= 11 is 0. The van der Waals surface area contributed by atoms with Gasteiger partial charge in [0.05, 0.1) is 6.54 Å². The van der Waals surface area contributed by atoms with E-state index >= 15 is 0 Å². The predicted octanol–water partition coefficient (Wildman–Crippen LogP) is 2.69. The van der Waals surface area contributed by atoms with E-state index in [1.54, 1.807) is 13.8 Å². The third kappa shape index (κ3) is 5.58. The molecular formula is C13H17F4N3O. The molecule has 0 spiro atoms. The van der Waals surface area contributed by atoms with Crippen LogP contribution in [0.3, 0.4) is 0 Å². The van der Waals surface area contributed by atoms with E-state index in [1.807, 2.05) is 0 Å². The molecule has 1 rings (SSSR count). The molecule has 0 unspecified atom stereocenters. The number of oxime groups is 1. The molecule has 0 amide bonds. The van der Waals surface area contributed by atoms with Crippen molar-refractivity contribution in [2.45, 2.75) is 32.6 Å². The Kier molecular flexibility index (Phi) is 5.54. The highest BCUT2D eigenvalue weighted by molar-refractivity contribution is 5.97. The lowest BCUT2D eigenvalue weighted by atomic mass is 10.1. The summed E-state index contributed by atoms with van der Waals surface area (Å²) in [6.07, 6.45) is -4.34. The average Bonchev–Trinajstić information content (AvgIpc) is 2.34. The van der Waals surface area contributed by atoms with E-state index < -0.39 is 18.5 Å². The monoisotopic (exact) mass is 307 g/mol. The zero-order valence-electron chi connectivity index (χ0n) is 11.7. The van der Waals surface area contributed by atoms with Gasteiger partial charge in [-0.05, 0) is 37.6 Å². The zero-order valence-corrected chi connectivity index (χ0v) is 11.7. The third-order valence-electron chi connectivity index (χ3n) is 2.86.